The summed E-state index contributed by atoms with van der Waals surface area (Å²) >= 11 is 1.23. The molecule has 0 aliphatic carbocycles. The van der Waals surface area contributed by atoms with E-state index in [1.54, 1.807) is 0 Å². The topological polar surface area (TPSA) is 110 Å². The molecule has 0 saturated carbocycles. The van der Waals surface area contributed by atoms with E-state index in [-0.39, 0.29) is 16.7 Å². The minimum atomic E-state index is -0.751. The Kier molecular flexibility index (Phi) is 5.80. The van der Waals surface area contributed by atoms with Crippen molar-refractivity contribution in [3.05, 3.63) is 70.8 Å². The van der Waals surface area contributed by atoms with Crippen LogP contribution in [-0.4, -0.2) is 34.6 Å². The molecule has 0 bridgehead atoms. The van der Waals surface area contributed by atoms with Crippen molar-refractivity contribution in [2.24, 2.45) is 0 Å². The first-order chi connectivity index (χ1) is 14.6. The molecule has 4 rings (SSSR count). The maximum Gasteiger partial charge on any atom is 0.346 e. The van der Waals surface area contributed by atoms with Gasteiger partial charge in [-0.3, -0.25) is 10.1 Å². The smallest absolute Gasteiger partial charge is 0.346 e. The van der Waals surface area contributed by atoms with E-state index >= 15 is 0 Å². The number of rotatable bonds is 8. The minimum Gasteiger partial charge on any atom is -0.386 e. The van der Waals surface area contributed by atoms with E-state index in [0.29, 0.717) is 10.3 Å². The molecule has 0 spiro atoms. The highest BCUT2D eigenvalue weighted by molar-refractivity contribution is 7.19. The SMILES string of the molecule is O=C(Nc1nnc(NCCCCc2ccccc2)s1)c1ccc2c(c1)C(=O)OC2=O. The van der Waals surface area contributed by atoms with E-state index in [1.165, 1.54) is 35.1 Å². The van der Waals surface area contributed by atoms with Crippen LogP contribution in [0.3, 0.4) is 0 Å². The molecule has 0 fully saturated rings. The standard InChI is InChI=1S/C21H18N4O4S/c26-17(14-9-10-15-16(12-14)19(28)29-18(15)27)23-21-25-24-20(30-21)22-11-5-4-8-13-6-2-1-3-7-13/h1-3,6-7,9-10,12H,4-5,8,11H2,(H,22,24)(H,23,25,26). The Morgan fingerprint density at radius 3 is 2.53 bits per heavy atom. The number of hydrogen-bond acceptors (Lipinski definition) is 8. The molecular formula is C21H18N4O4S. The van der Waals surface area contributed by atoms with Crippen LogP contribution in [0.2, 0.25) is 0 Å². The lowest BCUT2D eigenvalue weighted by Crippen LogP contribution is -2.12. The number of nitrogens with one attached hydrogen (secondary N) is 2. The van der Waals surface area contributed by atoms with Gasteiger partial charge in [0.2, 0.25) is 10.3 Å². The molecule has 8 nitrogen and oxygen atoms in total. The van der Waals surface area contributed by atoms with E-state index in [0.717, 1.165) is 25.8 Å². The van der Waals surface area contributed by atoms with Gasteiger partial charge in [-0.2, -0.15) is 0 Å². The quantitative estimate of drug-likeness (QED) is 0.325. The van der Waals surface area contributed by atoms with Crippen molar-refractivity contribution in [2.75, 3.05) is 17.2 Å². The van der Waals surface area contributed by atoms with Gasteiger partial charge >= 0.3 is 11.9 Å². The third kappa shape index (κ3) is 4.52. The minimum absolute atomic E-state index is 0.0859. The second-order valence-corrected chi connectivity index (χ2v) is 7.65. The number of nitrogens with zero attached hydrogens (tertiary/aromatic N) is 2. The summed E-state index contributed by atoms with van der Waals surface area (Å²) in [5.41, 5.74) is 1.79. The predicted molar refractivity (Wildman–Crippen MR) is 112 cm³/mol. The molecule has 0 radical (unpaired) electrons. The molecule has 9 heteroatoms. The first-order valence-corrected chi connectivity index (χ1v) is 10.2. The molecule has 3 aromatic rings. The third-order valence-corrected chi connectivity index (χ3v) is 5.36. The van der Waals surface area contributed by atoms with Gasteiger partial charge in [-0.15, -0.1) is 10.2 Å². The number of esters is 2. The number of amides is 1. The number of hydrogen-bond donors (Lipinski definition) is 2. The number of fused-ring (bicyclic) bond motifs is 1. The lowest BCUT2D eigenvalue weighted by molar-refractivity contribution is 0.0443. The van der Waals surface area contributed by atoms with Crippen LogP contribution < -0.4 is 10.6 Å². The Hall–Kier alpha value is -3.59. The van der Waals surface area contributed by atoms with Gasteiger partial charge in [0, 0.05) is 12.1 Å². The van der Waals surface area contributed by atoms with Gasteiger partial charge in [-0.05, 0) is 43.0 Å². The normalized spacial score (nSPS) is 12.4. The van der Waals surface area contributed by atoms with Crippen LogP contribution in [-0.2, 0) is 11.2 Å². The van der Waals surface area contributed by atoms with E-state index in [1.807, 2.05) is 18.2 Å². The molecule has 2 N–H and O–H groups in total. The number of ether oxygens (including phenoxy) is 1. The number of anilines is 2. The zero-order valence-electron chi connectivity index (χ0n) is 15.9. The van der Waals surface area contributed by atoms with Gasteiger partial charge in [-0.1, -0.05) is 41.7 Å². The number of aryl methyl sites for hydroxylation is 1. The van der Waals surface area contributed by atoms with Crippen molar-refractivity contribution in [2.45, 2.75) is 19.3 Å². The summed E-state index contributed by atoms with van der Waals surface area (Å²) in [5.74, 6) is -1.90. The zero-order chi connectivity index (χ0) is 20.9. The van der Waals surface area contributed by atoms with Gasteiger partial charge in [0.05, 0.1) is 11.1 Å². The van der Waals surface area contributed by atoms with Crippen molar-refractivity contribution in [3.8, 4) is 0 Å². The molecular weight excluding hydrogens is 404 g/mol. The van der Waals surface area contributed by atoms with Crippen molar-refractivity contribution < 1.29 is 19.1 Å². The highest BCUT2D eigenvalue weighted by Crippen LogP contribution is 2.23. The van der Waals surface area contributed by atoms with E-state index < -0.39 is 17.8 Å². The average molecular weight is 422 g/mol. The van der Waals surface area contributed by atoms with E-state index in [2.05, 4.69) is 37.7 Å². The van der Waals surface area contributed by atoms with E-state index in [9.17, 15) is 14.4 Å². The molecule has 152 valence electrons. The molecule has 30 heavy (non-hydrogen) atoms. The van der Waals surface area contributed by atoms with Crippen molar-refractivity contribution in [3.63, 3.8) is 0 Å². The molecule has 1 aliphatic rings. The summed E-state index contributed by atoms with van der Waals surface area (Å²) in [6.45, 7) is 0.760. The van der Waals surface area contributed by atoms with Gasteiger partial charge in [0.15, 0.2) is 0 Å². The number of aromatic nitrogens is 2. The second-order valence-electron chi connectivity index (χ2n) is 6.67. The average Bonchev–Trinajstić information content (AvgIpc) is 3.32. The molecule has 1 aliphatic heterocycles. The third-order valence-electron chi connectivity index (χ3n) is 4.56. The summed E-state index contributed by atoms with van der Waals surface area (Å²) in [6.07, 6.45) is 3.07. The Morgan fingerprint density at radius 1 is 0.933 bits per heavy atom. The first-order valence-electron chi connectivity index (χ1n) is 9.43. The molecule has 0 unspecified atom stereocenters. The Balaban J connectivity index is 1.26. The highest BCUT2D eigenvalue weighted by Gasteiger charge is 2.30. The van der Waals surface area contributed by atoms with Crippen LogP contribution in [0, 0.1) is 0 Å². The lowest BCUT2D eigenvalue weighted by atomic mass is 10.1. The zero-order valence-corrected chi connectivity index (χ0v) is 16.7. The maximum atomic E-state index is 12.4. The molecule has 2 aromatic carbocycles. The molecule has 1 amide bonds. The first kappa shape index (κ1) is 19.7. The number of unbranched alkanes of at least 4 members (excludes halogenated alkanes) is 1. The predicted octanol–water partition coefficient (Wildman–Crippen LogP) is 3.54. The van der Waals surface area contributed by atoms with E-state index in [4.69, 9.17) is 0 Å². The van der Waals surface area contributed by atoms with Crippen LogP contribution in [0.1, 0.15) is 49.5 Å². The largest absolute Gasteiger partial charge is 0.386 e. The summed E-state index contributed by atoms with van der Waals surface area (Å²) in [5, 5.41) is 14.8. The fraction of sp³-hybridized carbons (Fsp3) is 0.190. The monoisotopic (exact) mass is 422 g/mol. The Morgan fingerprint density at radius 2 is 1.70 bits per heavy atom. The fourth-order valence-corrected chi connectivity index (χ4v) is 3.70. The number of cyclic esters (lactones) is 2. The summed E-state index contributed by atoms with van der Waals surface area (Å²) in [7, 11) is 0. The Labute approximate surface area is 176 Å². The summed E-state index contributed by atoms with van der Waals surface area (Å²) in [4.78, 5) is 35.5. The summed E-state index contributed by atoms with van der Waals surface area (Å²) in [6, 6.07) is 14.5. The van der Waals surface area contributed by atoms with Crippen LogP contribution >= 0.6 is 11.3 Å². The van der Waals surface area contributed by atoms with Gasteiger partial charge in [-0.25, -0.2) is 9.59 Å². The molecule has 0 atom stereocenters. The van der Waals surface area contributed by atoms with Crippen molar-refractivity contribution in [1.29, 1.82) is 0 Å². The molecule has 2 heterocycles. The van der Waals surface area contributed by atoms with Crippen LogP contribution in [0.4, 0.5) is 10.3 Å². The van der Waals surface area contributed by atoms with Crippen molar-refractivity contribution in [1.82, 2.24) is 10.2 Å². The number of benzene rings is 2. The van der Waals surface area contributed by atoms with Crippen LogP contribution in [0.5, 0.6) is 0 Å². The van der Waals surface area contributed by atoms with Crippen LogP contribution in [0.25, 0.3) is 0 Å². The fourth-order valence-electron chi connectivity index (χ4n) is 3.04. The van der Waals surface area contributed by atoms with Crippen molar-refractivity contribution >= 4 is 39.4 Å². The van der Waals surface area contributed by atoms with Gasteiger partial charge in [0.1, 0.15) is 0 Å². The lowest BCUT2D eigenvalue weighted by Gasteiger charge is -2.03. The summed E-state index contributed by atoms with van der Waals surface area (Å²) < 4.78 is 4.53. The van der Waals surface area contributed by atoms with Gasteiger partial charge < -0.3 is 10.1 Å². The van der Waals surface area contributed by atoms with Crippen LogP contribution in [0.15, 0.2) is 48.5 Å². The Bertz CT molecular complexity index is 1100. The highest BCUT2D eigenvalue weighted by atomic mass is 32.1. The molecule has 0 saturated heterocycles. The maximum absolute atomic E-state index is 12.4. The number of carbonyl (C=O) groups excluding carboxylic acids is 3. The number of carbonyl (C=O) groups is 3. The molecule has 1 aromatic heterocycles. The second kappa shape index (κ2) is 8.83. The van der Waals surface area contributed by atoms with Gasteiger partial charge in [0.25, 0.3) is 5.91 Å².